The first-order chi connectivity index (χ1) is 13.3. The number of carbonyl (C=O) groups excluding carboxylic acids is 1. The van der Waals surface area contributed by atoms with Gasteiger partial charge in [0, 0.05) is 24.0 Å². The maximum Gasteiger partial charge on any atom is 0.333 e. The molecule has 0 atom stereocenters. The lowest BCUT2D eigenvalue weighted by Gasteiger charge is -2.09. The first-order valence-electron chi connectivity index (χ1n) is 8.26. The molecule has 3 aromatic rings. The standard InChI is InChI=1S/C19H16N4O5/c1-11-6-7-14(8-12(11)2)22-18(25)16(10-20-19(22)26)17(24)21-13-4-3-5-15(9-13)23(27)28/h3-10H,1-2H3,(H,20,26)(H,21,24). The van der Waals surface area contributed by atoms with Gasteiger partial charge in [-0.3, -0.25) is 19.7 Å². The van der Waals surface area contributed by atoms with Gasteiger partial charge in [0.15, 0.2) is 0 Å². The van der Waals surface area contributed by atoms with Crippen molar-refractivity contribution in [1.29, 1.82) is 0 Å². The molecule has 0 saturated carbocycles. The molecule has 0 saturated heterocycles. The highest BCUT2D eigenvalue weighted by atomic mass is 16.6. The molecule has 3 rings (SSSR count). The zero-order valence-corrected chi connectivity index (χ0v) is 15.1. The Morgan fingerprint density at radius 2 is 1.86 bits per heavy atom. The second-order valence-electron chi connectivity index (χ2n) is 6.18. The molecule has 0 radical (unpaired) electrons. The Morgan fingerprint density at radius 3 is 2.54 bits per heavy atom. The Labute approximate surface area is 158 Å². The van der Waals surface area contributed by atoms with Crippen LogP contribution in [0, 0.1) is 24.0 Å². The van der Waals surface area contributed by atoms with E-state index in [9.17, 15) is 24.5 Å². The zero-order valence-electron chi connectivity index (χ0n) is 15.1. The first-order valence-corrected chi connectivity index (χ1v) is 8.26. The number of amides is 1. The van der Waals surface area contributed by atoms with Crippen LogP contribution in [0.2, 0.25) is 0 Å². The number of aromatic nitrogens is 2. The number of non-ortho nitro benzene ring substituents is 1. The minimum Gasteiger partial charge on any atom is -0.322 e. The molecular formula is C19H16N4O5. The molecule has 0 bridgehead atoms. The third-order valence-corrected chi connectivity index (χ3v) is 4.28. The van der Waals surface area contributed by atoms with E-state index in [1.165, 1.54) is 24.3 Å². The van der Waals surface area contributed by atoms with Crippen molar-refractivity contribution < 1.29 is 9.72 Å². The third-order valence-electron chi connectivity index (χ3n) is 4.28. The summed E-state index contributed by atoms with van der Waals surface area (Å²) in [5.41, 5.74) is 0.385. The highest BCUT2D eigenvalue weighted by molar-refractivity contribution is 6.04. The highest BCUT2D eigenvalue weighted by Crippen LogP contribution is 2.17. The lowest BCUT2D eigenvalue weighted by atomic mass is 10.1. The minimum atomic E-state index is -0.796. The number of anilines is 1. The SMILES string of the molecule is Cc1ccc(-n2c(=O)[nH]cc(C(=O)Nc3cccc([N+](=O)[O-])c3)c2=O)cc1C. The number of aromatic amines is 1. The molecule has 1 heterocycles. The van der Waals surface area contributed by atoms with E-state index in [4.69, 9.17) is 0 Å². The van der Waals surface area contributed by atoms with Crippen molar-refractivity contribution in [3.05, 3.63) is 96.3 Å². The number of aryl methyl sites for hydroxylation is 2. The summed E-state index contributed by atoms with van der Waals surface area (Å²) >= 11 is 0. The van der Waals surface area contributed by atoms with E-state index in [0.29, 0.717) is 5.69 Å². The normalized spacial score (nSPS) is 10.5. The summed E-state index contributed by atoms with van der Waals surface area (Å²) in [7, 11) is 0. The van der Waals surface area contributed by atoms with Gasteiger partial charge in [0.05, 0.1) is 10.6 Å². The number of nitrogens with one attached hydrogen (secondary N) is 2. The van der Waals surface area contributed by atoms with Crippen molar-refractivity contribution >= 4 is 17.3 Å². The number of carbonyl (C=O) groups is 1. The largest absolute Gasteiger partial charge is 0.333 e. The van der Waals surface area contributed by atoms with Gasteiger partial charge in [-0.25, -0.2) is 9.36 Å². The Bertz CT molecular complexity index is 1210. The van der Waals surface area contributed by atoms with Crippen LogP contribution >= 0.6 is 0 Å². The zero-order chi connectivity index (χ0) is 20.4. The van der Waals surface area contributed by atoms with Gasteiger partial charge in [-0.1, -0.05) is 12.1 Å². The summed E-state index contributed by atoms with van der Waals surface area (Å²) < 4.78 is 0.870. The lowest BCUT2D eigenvalue weighted by Crippen LogP contribution is -2.38. The second kappa shape index (κ2) is 7.31. The van der Waals surface area contributed by atoms with Crippen LogP contribution in [0.3, 0.4) is 0 Å². The van der Waals surface area contributed by atoms with Crippen molar-refractivity contribution in [2.75, 3.05) is 5.32 Å². The molecule has 1 amide bonds. The summed E-state index contributed by atoms with van der Waals surface area (Å²) in [5, 5.41) is 13.3. The molecule has 0 unspecified atom stereocenters. The summed E-state index contributed by atoms with van der Waals surface area (Å²) in [6.07, 6.45) is 1.02. The van der Waals surface area contributed by atoms with E-state index in [2.05, 4.69) is 10.3 Å². The van der Waals surface area contributed by atoms with Crippen molar-refractivity contribution in [2.24, 2.45) is 0 Å². The van der Waals surface area contributed by atoms with Crippen LogP contribution in [0.25, 0.3) is 5.69 Å². The fraction of sp³-hybridized carbons (Fsp3) is 0.105. The predicted octanol–water partition coefficient (Wildman–Crippen LogP) is 2.30. The average Bonchev–Trinajstić information content (AvgIpc) is 2.64. The molecule has 0 aliphatic rings. The van der Waals surface area contributed by atoms with Crippen molar-refractivity contribution in [1.82, 2.24) is 9.55 Å². The molecule has 1 aromatic heterocycles. The van der Waals surface area contributed by atoms with Crippen LogP contribution < -0.4 is 16.6 Å². The van der Waals surface area contributed by atoms with Crippen molar-refractivity contribution in [2.45, 2.75) is 13.8 Å². The molecule has 142 valence electrons. The van der Waals surface area contributed by atoms with Gasteiger partial charge in [0.2, 0.25) is 0 Å². The Kier molecular flexibility index (Phi) is 4.90. The van der Waals surface area contributed by atoms with E-state index in [0.717, 1.165) is 21.9 Å². The van der Waals surface area contributed by atoms with E-state index in [-0.39, 0.29) is 16.9 Å². The Morgan fingerprint density at radius 1 is 1.11 bits per heavy atom. The van der Waals surface area contributed by atoms with E-state index in [1.807, 2.05) is 13.8 Å². The molecule has 0 fully saturated rings. The summed E-state index contributed by atoms with van der Waals surface area (Å²) in [6.45, 7) is 3.74. The topological polar surface area (TPSA) is 127 Å². The van der Waals surface area contributed by atoms with Gasteiger partial charge in [-0.2, -0.15) is 0 Å². The smallest absolute Gasteiger partial charge is 0.322 e. The number of nitrogens with zero attached hydrogens (tertiary/aromatic N) is 2. The molecule has 2 N–H and O–H groups in total. The number of nitro benzene ring substituents is 1. The van der Waals surface area contributed by atoms with E-state index in [1.54, 1.807) is 18.2 Å². The van der Waals surface area contributed by atoms with Crippen LogP contribution in [0.4, 0.5) is 11.4 Å². The molecular weight excluding hydrogens is 364 g/mol. The number of hydrogen-bond acceptors (Lipinski definition) is 5. The van der Waals surface area contributed by atoms with Crippen LogP contribution in [0.5, 0.6) is 0 Å². The lowest BCUT2D eigenvalue weighted by molar-refractivity contribution is -0.384. The quantitative estimate of drug-likeness (QED) is 0.530. The molecule has 2 aromatic carbocycles. The molecule has 0 aliphatic carbocycles. The van der Waals surface area contributed by atoms with Crippen LogP contribution in [0.15, 0.2) is 58.3 Å². The third kappa shape index (κ3) is 3.58. The van der Waals surface area contributed by atoms with Gasteiger partial charge in [-0.05, 0) is 43.2 Å². The van der Waals surface area contributed by atoms with Crippen molar-refractivity contribution in [3.63, 3.8) is 0 Å². The maximum atomic E-state index is 12.8. The van der Waals surface area contributed by atoms with E-state index >= 15 is 0 Å². The Balaban J connectivity index is 2.01. The van der Waals surface area contributed by atoms with Gasteiger partial charge in [0.1, 0.15) is 5.56 Å². The fourth-order valence-electron chi connectivity index (χ4n) is 2.63. The molecule has 9 nitrogen and oxygen atoms in total. The molecule has 0 spiro atoms. The number of hydrogen-bond donors (Lipinski definition) is 2. The van der Waals surface area contributed by atoms with Gasteiger partial charge in [-0.15, -0.1) is 0 Å². The second-order valence-corrected chi connectivity index (χ2v) is 6.18. The Hall–Kier alpha value is -4.01. The van der Waals surface area contributed by atoms with E-state index < -0.39 is 22.1 Å². The summed E-state index contributed by atoms with van der Waals surface area (Å²) in [6, 6.07) is 10.4. The number of H-pyrrole nitrogens is 1. The van der Waals surface area contributed by atoms with Crippen LogP contribution in [-0.4, -0.2) is 20.4 Å². The number of benzene rings is 2. The first kappa shape index (κ1) is 18.8. The minimum absolute atomic E-state index is 0.155. The van der Waals surface area contributed by atoms with Gasteiger partial charge < -0.3 is 10.3 Å². The maximum absolute atomic E-state index is 12.8. The molecule has 28 heavy (non-hydrogen) atoms. The van der Waals surface area contributed by atoms with Crippen LogP contribution in [0.1, 0.15) is 21.5 Å². The molecule has 0 aliphatic heterocycles. The monoisotopic (exact) mass is 380 g/mol. The average molecular weight is 380 g/mol. The number of rotatable bonds is 4. The fourth-order valence-corrected chi connectivity index (χ4v) is 2.63. The predicted molar refractivity (Wildman–Crippen MR) is 103 cm³/mol. The van der Waals surface area contributed by atoms with Gasteiger partial charge in [0.25, 0.3) is 17.2 Å². The highest BCUT2D eigenvalue weighted by Gasteiger charge is 2.17. The molecule has 9 heteroatoms. The summed E-state index contributed by atoms with van der Waals surface area (Å²) in [5.74, 6) is -0.792. The van der Waals surface area contributed by atoms with Crippen molar-refractivity contribution in [3.8, 4) is 5.69 Å². The number of nitro groups is 1. The van der Waals surface area contributed by atoms with Gasteiger partial charge >= 0.3 is 5.69 Å². The van der Waals surface area contributed by atoms with Crippen LogP contribution in [-0.2, 0) is 0 Å². The summed E-state index contributed by atoms with van der Waals surface area (Å²) in [4.78, 5) is 50.1.